The van der Waals surface area contributed by atoms with Gasteiger partial charge in [0, 0.05) is 28.9 Å². The molecule has 0 radical (unpaired) electrons. The zero-order valence-corrected chi connectivity index (χ0v) is 13.4. The predicted molar refractivity (Wildman–Crippen MR) is 78.1 cm³/mol. The van der Waals surface area contributed by atoms with Crippen molar-refractivity contribution in [1.29, 1.82) is 0 Å². The first-order valence-electron chi connectivity index (χ1n) is 6.06. The van der Waals surface area contributed by atoms with Gasteiger partial charge in [0.2, 0.25) is 10.0 Å². The van der Waals surface area contributed by atoms with Crippen molar-refractivity contribution >= 4 is 27.3 Å². The summed E-state index contributed by atoms with van der Waals surface area (Å²) in [6, 6.07) is 0. The minimum absolute atomic E-state index is 0.0128. The van der Waals surface area contributed by atoms with Gasteiger partial charge in [-0.2, -0.15) is 0 Å². The molecule has 0 spiro atoms. The van der Waals surface area contributed by atoms with E-state index in [1.807, 2.05) is 6.92 Å². The van der Waals surface area contributed by atoms with Crippen LogP contribution in [0.3, 0.4) is 0 Å². The number of carbonyl (C=O) groups is 1. The number of aromatic amines is 1. The molecule has 2 heterocycles. The van der Waals surface area contributed by atoms with Gasteiger partial charge in [-0.25, -0.2) is 22.9 Å². The van der Waals surface area contributed by atoms with Crippen LogP contribution in [0.15, 0.2) is 11.1 Å². The summed E-state index contributed by atoms with van der Waals surface area (Å²) in [5.41, 5.74) is 0.396. The van der Waals surface area contributed by atoms with Crippen molar-refractivity contribution in [1.82, 2.24) is 14.7 Å². The third-order valence-corrected chi connectivity index (χ3v) is 5.54. The van der Waals surface area contributed by atoms with E-state index in [-0.39, 0.29) is 22.7 Å². The Hall–Kier alpha value is -1.71. The summed E-state index contributed by atoms with van der Waals surface area (Å²) in [5, 5.41) is 9.88. The van der Waals surface area contributed by atoms with Crippen LogP contribution in [0.25, 0.3) is 0 Å². The zero-order chi connectivity index (χ0) is 15.8. The predicted octanol–water partition coefficient (Wildman–Crippen LogP) is 1.57. The number of aryl methyl sites for hydroxylation is 2. The monoisotopic (exact) mass is 329 g/mol. The number of nitrogens with zero attached hydrogens (tertiary/aromatic N) is 1. The Kier molecular flexibility index (Phi) is 4.17. The van der Waals surface area contributed by atoms with Crippen molar-refractivity contribution in [3.05, 3.63) is 33.0 Å². The average molecular weight is 329 g/mol. The number of thiazole rings is 1. The summed E-state index contributed by atoms with van der Waals surface area (Å²) in [4.78, 5) is 18.5. The van der Waals surface area contributed by atoms with Crippen molar-refractivity contribution in [2.24, 2.45) is 0 Å². The molecule has 114 valence electrons. The summed E-state index contributed by atoms with van der Waals surface area (Å²) >= 11 is 1.40. The van der Waals surface area contributed by atoms with Crippen molar-refractivity contribution in [3.63, 3.8) is 0 Å². The second kappa shape index (κ2) is 5.58. The first-order chi connectivity index (χ1) is 9.72. The number of hydrogen-bond acceptors (Lipinski definition) is 5. The van der Waals surface area contributed by atoms with Crippen LogP contribution in [0.1, 0.15) is 31.6 Å². The molecule has 0 fully saturated rings. The fourth-order valence-electron chi connectivity index (χ4n) is 2.08. The number of sulfonamides is 1. The molecular weight excluding hydrogens is 314 g/mol. The van der Waals surface area contributed by atoms with Crippen LogP contribution in [0.4, 0.5) is 0 Å². The van der Waals surface area contributed by atoms with E-state index in [2.05, 4.69) is 14.7 Å². The van der Waals surface area contributed by atoms with Crippen LogP contribution in [-0.2, 0) is 16.6 Å². The highest BCUT2D eigenvalue weighted by Gasteiger charge is 2.26. The molecule has 7 nitrogen and oxygen atoms in total. The molecule has 2 aromatic heterocycles. The number of carboxylic acids is 1. The lowest BCUT2D eigenvalue weighted by molar-refractivity contribution is 0.0690. The van der Waals surface area contributed by atoms with Crippen molar-refractivity contribution in [3.8, 4) is 0 Å². The van der Waals surface area contributed by atoms with Gasteiger partial charge in [-0.3, -0.25) is 0 Å². The molecular formula is C12H15N3O4S2. The topological polar surface area (TPSA) is 112 Å². The van der Waals surface area contributed by atoms with Gasteiger partial charge >= 0.3 is 5.97 Å². The Morgan fingerprint density at radius 2 is 2.10 bits per heavy atom. The number of aromatic carboxylic acids is 1. The van der Waals surface area contributed by atoms with E-state index < -0.39 is 16.0 Å². The maximum Gasteiger partial charge on any atom is 0.352 e. The summed E-state index contributed by atoms with van der Waals surface area (Å²) in [6.45, 7) is 4.96. The van der Waals surface area contributed by atoms with Crippen molar-refractivity contribution in [2.45, 2.75) is 32.2 Å². The molecule has 0 atom stereocenters. The maximum atomic E-state index is 12.4. The highest BCUT2D eigenvalue weighted by atomic mass is 32.2. The second-order valence-corrected chi connectivity index (χ2v) is 7.58. The highest BCUT2D eigenvalue weighted by molar-refractivity contribution is 7.89. The molecule has 0 aliphatic heterocycles. The fraction of sp³-hybridized carbons (Fsp3) is 0.333. The van der Waals surface area contributed by atoms with E-state index in [1.165, 1.54) is 25.2 Å². The maximum absolute atomic E-state index is 12.4. The summed E-state index contributed by atoms with van der Waals surface area (Å²) < 4.78 is 27.2. The SMILES string of the molecule is Cc1ncc(CNS(=O)(=O)c2c(C)[nH]c(C(=O)O)c2C)s1. The number of rotatable bonds is 5. The lowest BCUT2D eigenvalue weighted by Crippen LogP contribution is -2.23. The van der Waals surface area contributed by atoms with Gasteiger partial charge < -0.3 is 10.1 Å². The van der Waals surface area contributed by atoms with Gasteiger partial charge in [-0.15, -0.1) is 11.3 Å². The number of hydrogen-bond donors (Lipinski definition) is 3. The Morgan fingerprint density at radius 3 is 2.57 bits per heavy atom. The van der Waals surface area contributed by atoms with Gasteiger partial charge in [-0.1, -0.05) is 0 Å². The van der Waals surface area contributed by atoms with E-state index in [0.29, 0.717) is 5.69 Å². The van der Waals surface area contributed by atoms with Gasteiger partial charge in [0.05, 0.1) is 5.01 Å². The molecule has 0 amide bonds. The van der Waals surface area contributed by atoms with Gasteiger partial charge in [0.15, 0.2) is 0 Å². The van der Waals surface area contributed by atoms with E-state index in [4.69, 9.17) is 5.11 Å². The number of aromatic nitrogens is 2. The molecule has 2 aromatic rings. The quantitative estimate of drug-likeness (QED) is 0.771. The van der Waals surface area contributed by atoms with Gasteiger partial charge in [0.25, 0.3) is 0 Å². The minimum Gasteiger partial charge on any atom is -0.477 e. The van der Waals surface area contributed by atoms with E-state index >= 15 is 0 Å². The summed E-state index contributed by atoms with van der Waals surface area (Å²) in [5.74, 6) is -1.19. The lowest BCUT2D eigenvalue weighted by atomic mass is 10.2. The molecule has 0 bridgehead atoms. The van der Waals surface area contributed by atoms with Crippen LogP contribution in [0.2, 0.25) is 0 Å². The summed E-state index contributed by atoms with van der Waals surface area (Å²) in [6.07, 6.45) is 1.61. The van der Waals surface area contributed by atoms with E-state index in [0.717, 1.165) is 9.88 Å². The molecule has 0 aliphatic carbocycles. The largest absolute Gasteiger partial charge is 0.477 e. The standard InChI is InChI=1S/C12H15N3O4S2/c1-6-10(12(16)17)15-7(2)11(6)21(18,19)14-5-9-4-13-8(3)20-9/h4,14-15H,5H2,1-3H3,(H,16,17). The molecule has 3 N–H and O–H groups in total. The van der Waals surface area contributed by atoms with E-state index in [9.17, 15) is 13.2 Å². The molecule has 9 heteroatoms. The third-order valence-electron chi connectivity index (χ3n) is 2.96. The molecule has 0 aromatic carbocycles. The molecule has 0 saturated heterocycles. The van der Waals surface area contributed by atoms with Gasteiger partial charge in [0.1, 0.15) is 10.6 Å². The van der Waals surface area contributed by atoms with Crippen LogP contribution in [-0.4, -0.2) is 29.5 Å². The summed E-state index contributed by atoms with van der Waals surface area (Å²) in [7, 11) is -3.79. The molecule has 21 heavy (non-hydrogen) atoms. The van der Waals surface area contributed by atoms with Crippen LogP contribution in [0, 0.1) is 20.8 Å². The van der Waals surface area contributed by atoms with Crippen molar-refractivity contribution < 1.29 is 18.3 Å². The Bertz CT molecular complexity index is 790. The van der Waals surface area contributed by atoms with Gasteiger partial charge in [-0.05, 0) is 20.8 Å². The molecule has 2 rings (SSSR count). The second-order valence-electron chi connectivity index (χ2n) is 4.55. The van der Waals surface area contributed by atoms with E-state index in [1.54, 1.807) is 6.20 Å². The molecule has 0 saturated carbocycles. The number of nitrogens with one attached hydrogen (secondary N) is 2. The first-order valence-corrected chi connectivity index (χ1v) is 8.35. The Balaban J connectivity index is 2.29. The normalized spacial score (nSPS) is 11.8. The van der Waals surface area contributed by atoms with Crippen LogP contribution in [0.5, 0.6) is 0 Å². The minimum atomic E-state index is -3.79. The Labute approximate surface area is 126 Å². The highest BCUT2D eigenvalue weighted by Crippen LogP contribution is 2.23. The first kappa shape index (κ1) is 15.7. The molecule has 0 aliphatic rings. The Morgan fingerprint density at radius 1 is 1.43 bits per heavy atom. The van der Waals surface area contributed by atoms with Crippen molar-refractivity contribution in [2.75, 3.05) is 0 Å². The lowest BCUT2D eigenvalue weighted by Gasteiger charge is -2.06. The average Bonchev–Trinajstić information content (AvgIpc) is 2.91. The third kappa shape index (κ3) is 3.14. The smallest absolute Gasteiger partial charge is 0.352 e. The fourth-order valence-corrected chi connectivity index (χ4v) is 4.35. The number of carboxylic acid groups (broad SMARTS) is 1. The number of H-pyrrole nitrogens is 1. The van der Waals surface area contributed by atoms with Crippen LogP contribution >= 0.6 is 11.3 Å². The zero-order valence-electron chi connectivity index (χ0n) is 11.7. The van der Waals surface area contributed by atoms with Crippen LogP contribution < -0.4 is 4.72 Å². The molecule has 0 unspecified atom stereocenters.